The largest absolute Gasteiger partial charge is 0.489 e. The molecule has 0 bridgehead atoms. The lowest BCUT2D eigenvalue weighted by Gasteiger charge is -2.43. The van der Waals surface area contributed by atoms with Crippen molar-refractivity contribution < 1.29 is 9.47 Å². The Labute approximate surface area is 198 Å². The highest BCUT2D eigenvalue weighted by atomic mass is 35.5. The lowest BCUT2D eigenvalue weighted by Crippen LogP contribution is -2.51. The molecule has 3 aromatic rings. The predicted octanol–water partition coefficient (Wildman–Crippen LogP) is 4.24. The van der Waals surface area contributed by atoms with Gasteiger partial charge in [0.05, 0.1) is 17.8 Å². The van der Waals surface area contributed by atoms with E-state index in [1.54, 1.807) is 19.3 Å². The lowest BCUT2D eigenvalue weighted by molar-refractivity contribution is 0.0908. The molecule has 176 valence electrons. The normalized spacial score (nSPS) is 20.9. The van der Waals surface area contributed by atoms with E-state index in [0.717, 1.165) is 18.6 Å². The van der Waals surface area contributed by atoms with E-state index in [2.05, 4.69) is 33.7 Å². The molecule has 9 heteroatoms. The van der Waals surface area contributed by atoms with E-state index >= 15 is 0 Å². The van der Waals surface area contributed by atoms with Crippen molar-refractivity contribution >= 4 is 28.5 Å². The fraction of sp³-hybridized carbons (Fsp3) is 0.500. The Morgan fingerprint density at radius 1 is 1.21 bits per heavy atom. The molecule has 33 heavy (non-hydrogen) atoms. The molecule has 1 saturated heterocycles. The molecular formula is C24H30ClN5O3. The summed E-state index contributed by atoms with van der Waals surface area (Å²) in [5, 5.41) is 0.373. The Morgan fingerprint density at radius 2 is 2.00 bits per heavy atom. The molecule has 1 aliphatic rings. The maximum atomic E-state index is 12.6. The summed E-state index contributed by atoms with van der Waals surface area (Å²) in [7, 11) is 1.69. The minimum atomic E-state index is -0.312. The van der Waals surface area contributed by atoms with Gasteiger partial charge in [-0.25, -0.2) is 14.8 Å². The second kappa shape index (κ2) is 9.55. The van der Waals surface area contributed by atoms with E-state index in [1.165, 1.54) is 4.57 Å². The third-order valence-corrected chi connectivity index (χ3v) is 6.32. The molecule has 0 aromatic carbocycles. The minimum absolute atomic E-state index is 0.0000243. The number of aryl methyl sites for hydroxylation is 1. The number of nitrogens with zero attached hydrogens (tertiary/aromatic N) is 5. The monoisotopic (exact) mass is 471 g/mol. The van der Waals surface area contributed by atoms with E-state index in [-0.39, 0.29) is 29.9 Å². The van der Waals surface area contributed by atoms with Gasteiger partial charge in [-0.1, -0.05) is 18.5 Å². The van der Waals surface area contributed by atoms with Crippen LogP contribution in [0.15, 0.2) is 35.3 Å². The van der Waals surface area contributed by atoms with Crippen molar-refractivity contribution in [2.75, 3.05) is 11.4 Å². The quantitative estimate of drug-likeness (QED) is 0.497. The summed E-state index contributed by atoms with van der Waals surface area (Å²) in [6.45, 7) is 8.92. The van der Waals surface area contributed by atoms with Crippen LogP contribution in [0.25, 0.3) is 11.0 Å². The van der Waals surface area contributed by atoms with Gasteiger partial charge < -0.3 is 14.4 Å². The summed E-state index contributed by atoms with van der Waals surface area (Å²) >= 11 is 6.19. The fourth-order valence-electron chi connectivity index (χ4n) is 4.36. The SMILES string of the molecule is CC[C@H]1CN(c2nc(=O)n(C)c3ccc(Cl)nc23)[C@@H](C)C[C@H]1Oc1ccc(OC(C)C)cn1. The van der Waals surface area contributed by atoms with Crippen LogP contribution in [0.3, 0.4) is 0 Å². The minimum Gasteiger partial charge on any atom is -0.489 e. The van der Waals surface area contributed by atoms with Crippen LogP contribution in [-0.2, 0) is 7.05 Å². The van der Waals surface area contributed by atoms with Crippen molar-refractivity contribution in [2.45, 2.75) is 58.8 Å². The molecular weight excluding hydrogens is 442 g/mol. The van der Waals surface area contributed by atoms with Crippen molar-refractivity contribution in [1.82, 2.24) is 19.5 Å². The average Bonchev–Trinajstić information content (AvgIpc) is 2.77. The smallest absolute Gasteiger partial charge is 0.349 e. The molecule has 0 spiro atoms. The van der Waals surface area contributed by atoms with Crippen LogP contribution in [0, 0.1) is 5.92 Å². The Kier molecular flexibility index (Phi) is 6.74. The second-order valence-electron chi connectivity index (χ2n) is 8.84. The van der Waals surface area contributed by atoms with Gasteiger partial charge in [-0.3, -0.25) is 4.57 Å². The van der Waals surface area contributed by atoms with E-state index in [0.29, 0.717) is 34.4 Å². The van der Waals surface area contributed by atoms with Gasteiger partial charge in [0.2, 0.25) is 5.88 Å². The van der Waals surface area contributed by atoms with Crippen LogP contribution in [0.1, 0.15) is 40.5 Å². The number of aromatic nitrogens is 4. The number of ether oxygens (including phenoxy) is 2. The van der Waals surface area contributed by atoms with Crippen molar-refractivity contribution in [3.63, 3.8) is 0 Å². The first-order chi connectivity index (χ1) is 15.8. The number of fused-ring (bicyclic) bond motifs is 1. The molecule has 3 aromatic heterocycles. The second-order valence-corrected chi connectivity index (χ2v) is 9.23. The molecule has 0 aliphatic carbocycles. The highest BCUT2D eigenvalue weighted by Gasteiger charge is 2.36. The van der Waals surface area contributed by atoms with Crippen molar-refractivity contribution in [2.24, 2.45) is 13.0 Å². The van der Waals surface area contributed by atoms with Crippen LogP contribution in [0.5, 0.6) is 11.6 Å². The van der Waals surface area contributed by atoms with E-state index < -0.39 is 0 Å². The number of anilines is 1. The molecule has 4 rings (SSSR count). The summed E-state index contributed by atoms with van der Waals surface area (Å²) in [4.78, 5) is 28.0. The predicted molar refractivity (Wildman–Crippen MR) is 129 cm³/mol. The van der Waals surface area contributed by atoms with Gasteiger partial charge in [-0.15, -0.1) is 0 Å². The maximum absolute atomic E-state index is 12.6. The molecule has 3 atom stereocenters. The molecule has 0 N–H and O–H groups in total. The summed E-state index contributed by atoms with van der Waals surface area (Å²) in [6.07, 6.45) is 3.47. The number of piperidine rings is 1. The molecule has 1 aliphatic heterocycles. The standard InChI is InChI=1S/C24H30ClN5O3/c1-6-16-13-30(23-22-18(8-9-20(25)27-22)29(5)24(31)28-23)15(4)11-19(16)33-21-10-7-17(12-26-21)32-14(2)3/h7-10,12,14-16,19H,6,11,13H2,1-5H3/t15-,16-,19+/m0/s1. The Hall–Kier alpha value is -2.87. The Morgan fingerprint density at radius 3 is 2.67 bits per heavy atom. The zero-order chi connectivity index (χ0) is 23.7. The van der Waals surface area contributed by atoms with Crippen LogP contribution >= 0.6 is 11.6 Å². The van der Waals surface area contributed by atoms with E-state index in [1.807, 2.05) is 32.0 Å². The first kappa shape index (κ1) is 23.3. The maximum Gasteiger partial charge on any atom is 0.349 e. The van der Waals surface area contributed by atoms with Gasteiger partial charge in [0.25, 0.3) is 0 Å². The molecule has 4 heterocycles. The molecule has 0 saturated carbocycles. The zero-order valence-electron chi connectivity index (χ0n) is 19.7. The van der Waals surface area contributed by atoms with Crippen LogP contribution in [0.2, 0.25) is 5.15 Å². The number of pyridine rings is 2. The van der Waals surface area contributed by atoms with Crippen molar-refractivity contribution in [3.8, 4) is 11.6 Å². The Bertz CT molecular complexity index is 1180. The van der Waals surface area contributed by atoms with Gasteiger partial charge in [0, 0.05) is 38.0 Å². The molecule has 1 fully saturated rings. The summed E-state index contributed by atoms with van der Waals surface area (Å²) < 4.78 is 13.5. The summed E-state index contributed by atoms with van der Waals surface area (Å²) in [5.41, 5.74) is 1.03. The summed E-state index contributed by atoms with van der Waals surface area (Å²) in [5.74, 6) is 2.12. The van der Waals surface area contributed by atoms with Crippen LogP contribution in [0.4, 0.5) is 5.82 Å². The molecule has 0 radical (unpaired) electrons. The highest BCUT2D eigenvalue weighted by Crippen LogP contribution is 2.33. The van der Waals surface area contributed by atoms with E-state index in [9.17, 15) is 4.79 Å². The van der Waals surface area contributed by atoms with Crippen molar-refractivity contribution in [1.29, 1.82) is 0 Å². The van der Waals surface area contributed by atoms with Crippen molar-refractivity contribution in [3.05, 3.63) is 46.1 Å². The van der Waals surface area contributed by atoms with Gasteiger partial charge in [0.15, 0.2) is 5.82 Å². The van der Waals surface area contributed by atoms with Gasteiger partial charge in [-0.05, 0) is 45.4 Å². The van der Waals surface area contributed by atoms with Gasteiger partial charge in [0.1, 0.15) is 22.5 Å². The van der Waals surface area contributed by atoms with Crippen LogP contribution < -0.4 is 20.1 Å². The Balaban J connectivity index is 1.59. The fourth-order valence-corrected chi connectivity index (χ4v) is 4.50. The third-order valence-electron chi connectivity index (χ3n) is 6.11. The first-order valence-electron chi connectivity index (χ1n) is 11.4. The topological polar surface area (TPSA) is 82.4 Å². The summed E-state index contributed by atoms with van der Waals surface area (Å²) in [6, 6.07) is 7.32. The number of hydrogen-bond donors (Lipinski definition) is 0. The van der Waals surface area contributed by atoms with Gasteiger partial charge in [-0.2, -0.15) is 4.98 Å². The number of halogens is 1. The molecule has 0 amide bonds. The highest BCUT2D eigenvalue weighted by molar-refractivity contribution is 6.29. The lowest BCUT2D eigenvalue weighted by atomic mass is 9.88. The number of hydrogen-bond acceptors (Lipinski definition) is 7. The molecule has 8 nitrogen and oxygen atoms in total. The first-order valence-corrected chi connectivity index (χ1v) is 11.7. The third kappa shape index (κ3) is 4.90. The van der Waals surface area contributed by atoms with Crippen LogP contribution in [-0.4, -0.2) is 44.3 Å². The number of rotatable bonds is 6. The van der Waals surface area contributed by atoms with Gasteiger partial charge >= 0.3 is 5.69 Å². The zero-order valence-corrected chi connectivity index (χ0v) is 20.4. The average molecular weight is 472 g/mol. The van der Waals surface area contributed by atoms with E-state index in [4.69, 9.17) is 21.1 Å². The molecule has 0 unspecified atom stereocenters.